The van der Waals surface area contributed by atoms with E-state index in [0.717, 1.165) is 23.0 Å². The van der Waals surface area contributed by atoms with E-state index < -0.39 is 26.8 Å². The first-order valence-electron chi connectivity index (χ1n) is 7.96. The smallest absolute Gasteiger partial charge is 0.268 e. The van der Waals surface area contributed by atoms with E-state index in [1.165, 1.54) is 6.07 Å². The Labute approximate surface area is 160 Å². The lowest BCUT2D eigenvalue weighted by Crippen LogP contribution is -2.28. The Morgan fingerprint density at radius 2 is 1.93 bits per heavy atom. The molecule has 0 saturated heterocycles. The predicted octanol–water partition coefficient (Wildman–Crippen LogP) is 3.11. The zero-order chi connectivity index (χ0) is 19.9. The van der Waals surface area contributed by atoms with Crippen molar-refractivity contribution in [2.45, 2.75) is 17.9 Å². The molecule has 0 aliphatic carbocycles. The van der Waals surface area contributed by atoms with Gasteiger partial charge in [-0.1, -0.05) is 23.7 Å². The topological polar surface area (TPSA) is 94.2 Å². The van der Waals surface area contributed by atoms with Crippen molar-refractivity contribution < 1.29 is 17.6 Å². The van der Waals surface area contributed by atoms with Gasteiger partial charge in [-0.25, -0.2) is 17.9 Å². The molecule has 27 heavy (non-hydrogen) atoms. The van der Waals surface area contributed by atoms with Crippen LogP contribution in [0, 0.1) is 5.82 Å². The highest BCUT2D eigenvalue weighted by atomic mass is 35.5. The first kappa shape index (κ1) is 19.3. The van der Waals surface area contributed by atoms with Gasteiger partial charge in [-0.3, -0.25) is 4.79 Å². The number of hydrogen-bond acceptors (Lipinski definition) is 3. The highest BCUT2D eigenvalue weighted by Crippen LogP contribution is 2.24. The fraction of sp³-hybridized carbons (Fsp3) is 0.167. The molecule has 9 heteroatoms. The van der Waals surface area contributed by atoms with Crippen LogP contribution in [-0.4, -0.2) is 18.9 Å². The fourth-order valence-corrected chi connectivity index (χ4v) is 3.65. The Balaban J connectivity index is 1.86. The lowest BCUT2D eigenvalue weighted by atomic mass is 10.1. The van der Waals surface area contributed by atoms with Gasteiger partial charge in [0.15, 0.2) is 0 Å². The van der Waals surface area contributed by atoms with Crippen LogP contribution >= 0.6 is 11.6 Å². The predicted molar refractivity (Wildman–Crippen MR) is 102 cm³/mol. The summed E-state index contributed by atoms with van der Waals surface area (Å²) in [5, 5.41) is 9.16. The molecule has 6 nitrogen and oxygen atoms in total. The monoisotopic (exact) mass is 409 g/mol. The molecule has 0 spiro atoms. The number of nitrogens with one attached hydrogen (secondary N) is 1. The average Bonchev–Trinajstić information content (AvgIpc) is 2.90. The third-order valence-corrected chi connectivity index (χ3v) is 5.53. The van der Waals surface area contributed by atoms with E-state index in [2.05, 4.69) is 5.32 Å². The van der Waals surface area contributed by atoms with Crippen LogP contribution in [0.1, 0.15) is 29.0 Å². The number of carbonyl (C=O) groups is 1. The van der Waals surface area contributed by atoms with E-state index in [4.69, 9.17) is 16.7 Å². The van der Waals surface area contributed by atoms with Crippen molar-refractivity contribution in [1.29, 1.82) is 0 Å². The molecule has 0 bridgehead atoms. The summed E-state index contributed by atoms with van der Waals surface area (Å²) >= 11 is 6.00. The van der Waals surface area contributed by atoms with Gasteiger partial charge in [-0.05, 0) is 42.8 Å². The number of carbonyl (C=O) groups excluding carboxylic acids is 1. The lowest BCUT2D eigenvalue weighted by Gasteiger charge is -2.15. The van der Waals surface area contributed by atoms with E-state index >= 15 is 0 Å². The van der Waals surface area contributed by atoms with Crippen molar-refractivity contribution >= 4 is 38.4 Å². The minimum absolute atomic E-state index is 0.353. The summed E-state index contributed by atoms with van der Waals surface area (Å²) in [6, 6.07) is 10.0. The van der Waals surface area contributed by atoms with Gasteiger partial charge in [0.2, 0.25) is 10.0 Å². The quantitative estimate of drug-likeness (QED) is 0.693. The van der Waals surface area contributed by atoms with Crippen LogP contribution in [0.3, 0.4) is 0 Å². The number of hydrogen-bond donors (Lipinski definition) is 2. The lowest BCUT2D eigenvalue weighted by molar-refractivity contribution is 0.0932. The van der Waals surface area contributed by atoms with Crippen LogP contribution in [0.5, 0.6) is 0 Å². The van der Waals surface area contributed by atoms with E-state index in [-0.39, 0.29) is 5.91 Å². The maximum atomic E-state index is 14.0. The average molecular weight is 410 g/mol. The molecule has 2 aromatic carbocycles. The SMILES string of the molecule is CC(NC(=O)c1cc2ccc(Cl)cc2n1C)c1ccc(S(N)(=O)=O)c(F)c1. The number of aromatic nitrogens is 1. The molecule has 142 valence electrons. The summed E-state index contributed by atoms with van der Waals surface area (Å²) in [6.07, 6.45) is 0. The molecule has 3 rings (SSSR count). The van der Waals surface area contributed by atoms with Crippen molar-refractivity contribution in [3.63, 3.8) is 0 Å². The summed E-state index contributed by atoms with van der Waals surface area (Å²) in [6.45, 7) is 1.67. The Kier molecular flexibility index (Phi) is 4.98. The highest BCUT2D eigenvalue weighted by molar-refractivity contribution is 7.89. The minimum atomic E-state index is -4.14. The van der Waals surface area contributed by atoms with Gasteiger partial charge in [-0.15, -0.1) is 0 Å². The summed E-state index contributed by atoms with van der Waals surface area (Å²) < 4.78 is 38.3. The summed E-state index contributed by atoms with van der Waals surface area (Å²) in [5.41, 5.74) is 1.64. The minimum Gasteiger partial charge on any atom is -0.344 e. The second-order valence-corrected chi connectivity index (χ2v) is 8.19. The Morgan fingerprint density at radius 1 is 1.22 bits per heavy atom. The first-order chi connectivity index (χ1) is 12.6. The van der Waals surface area contributed by atoms with Gasteiger partial charge in [0.25, 0.3) is 5.91 Å². The van der Waals surface area contributed by atoms with Crippen LogP contribution in [0.25, 0.3) is 10.9 Å². The van der Waals surface area contributed by atoms with Crippen molar-refractivity contribution in [2.24, 2.45) is 12.2 Å². The third-order valence-electron chi connectivity index (χ3n) is 4.35. The van der Waals surface area contributed by atoms with E-state index in [1.54, 1.807) is 36.7 Å². The van der Waals surface area contributed by atoms with Crippen molar-refractivity contribution in [2.75, 3.05) is 0 Å². The second-order valence-electron chi connectivity index (χ2n) is 6.22. The molecule has 0 aliphatic heterocycles. The molecule has 0 aliphatic rings. The summed E-state index contributed by atoms with van der Waals surface area (Å²) in [5.74, 6) is -1.32. The van der Waals surface area contributed by atoms with Crippen LogP contribution in [0.15, 0.2) is 47.4 Å². The molecule has 0 fully saturated rings. The number of nitrogens with two attached hydrogens (primary N) is 1. The van der Waals surface area contributed by atoms with Crippen LogP contribution < -0.4 is 10.5 Å². The number of nitrogens with zero attached hydrogens (tertiary/aromatic N) is 1. The zero-order valence-electron chi connectivity index (χ0n) is 14.5. The maximum Gasteiger partial charge on any atom is 0.268 e. The fourth-order valence-electron chi connectivity index (χ4n) is 2.89. The van der Waals surface area contributed by atoms with Crippen LogP contribution in [-0.2, 0) is 17.1 Å². The molecular weight excluding hydrogens is 393 g/mol. The van der Waals surface area contributed by atoms with Crippen molar-refractivity contribution in [1.82, 2.24) is 9.88 Å². The molecule has 1 heterocycles. The molecule has 3 aromatic rings. The van der Waals surface area contributed by atoms with E-state index in [9.17, 15) is 17.6 Å². The number of halogens is 2. The molecule has 1 aromatic heterocycles. The van der Waals surface area contributed by atoms with Gasteiger partial charge in [0.05, 0.1) is 6.04 Å². The molecule has 1 unspecified atom stereocenters. The number of sulfonamides is 1. The van der Waals surface area contributed by atoms with Crippen LogP contribution in [0.2, 0.25) is 5.02 Å². The van der Waals surface area contributed by atoms with Gasteiger partial charge >= 0.3 is 0 Å². The van der Waals surface area contributed by atoms with Crippen LogP contribution in [0.4, 0.5) is 4.39 Å². The van der Waals surface area contributed by atoms with Gasteiger partial charge < -0.3 is 9.88 Å². The van der Waals surface area contributed by atoms with Crippen molar-refractivity contribution in [3.8, 4) is 0 Å². The van der Waals surface area contributed by atoms with Gasteiger partial charge in [-0.2, -0.15) is 0 Å². The normalized spacial score (nSPS) is 12.9. The molecule has 1 amide bonds. The highest BCUT2D eigenvalue weighted by Gasteiger charge is 2.19. The second kappa shape index (κ2) is 6.95. The summed E-state index contributed by atoms with van der Waals surface area (Å²) in [4.78, 5) is 12.1. The van der Waals surface area contributed by atoms with E-state index in [0.29, 0.717) is 16.3 Å². The Morgan fingerprint density at radius 3 is 2.56 bits per heavy atom. The Hall–Kier alpha value is -2.42. The zero-order valence-corrected chi connectivity index (χ0v) is 16.1. The van der Waals surface area contributed by atoms with E-state index in [1.807, 2.05) is 6.07 Å². The first-order valence-corrected chi connectivity index (χ1v) is 9.88. The maximum absolute atomic E-state index is 14.0. The number of benzene rings is 2. The summed E-state index contributed by atoms with van der Waals surface area (Å²) in [7, 11) is -2.39. The number of amides is 1. The Bertz CT molecular complexity index is 1160. The number of rotatable bonds is 4. The molecule has 0 saturated carbocycles. The van der Waals surface area contributed by atoms with Crippen molar-refractivity contribution in [3.05, 3.63) is 64.6 Å². The molecular formula is C18H17ClFN3O3S. The third kappa shape index (κ3) is 3.83. The molecule has 3 N–H and O–H groups in total. The standard InChI is InChI=1S/C18H17ClFN3O3S/c1-10(11-4-6-17(14(20)7-11)27(21,25)26)22-18(24)16-8-12-3-5-13(19)9-15(12)23(16)2/h3-10H,1-2H3,(H,22,24)(H2,21,25,26). The number of fused-ring (bicyclic) bond motifs is 1. The molecule has 0 radical (unpaired) electrons. The molecule has 1 atom stereocenters. The number of primary sulfonamides is 1. The largest absolute Gasteiger partial charge is 0.344 e. The van der Waals surface area contributed by atoms with Gasteiger partial charge in [0, 0.05) is 23.0 Å². The number of aryl methyl sites for hydroxylation is 1. The van der Waals surface area contributed by atoms with Gasteiger partial charge in [0.1, 0.15) is 16.4 Å².